The molecule has 0 spiro atoms. The predicted molar refractivity (Wildman–Crippen MR) is 68.5 cm³/mol. The summed E-state index contributed by atoms with van der Waals surface area (Å²) in [5.41, 5.74) is 0.142. The van der Waals surface area contributed by atoms with Gasteiger partial charge in [-0.1, -0.05) is 36.4 Å². The van der Waals surface area contributed by atoms with Crippen LogP contribution in [0.25, 0.3) is 0 Å². The topological polar surface area (TPSA) is 56.9 Å². The number of aromatic nitrogens is 1. The van der Waals surface area contributed by atoms with E-state index in [4.69, 9.17) is 5.26 Å². The van der Waals surface area contributed by atoms with Gasteiger partial charge in [0.05, 0.1) is 11.8 Å². The van der Waals surface area contributed by atoms with Crippen LogP contribution in [-0.4, -0.2) is 10.1 Å². The minimum atomic E-state index is -1.20. The highest BCUT2D eigenvalue weighted by atomic mass is 16.3. The molecule has 3 heteroatoms. The lowest BCUT2D eigenvalue weighted by molar-refractivity contribution is 0.0680. The fourth-order valence-electron chi connectivity index (χ4n) is 1.98. The monoisotopic (exact) mass is 238 g/mol. The van der Waals surface area contributed by atoms with Crippen LogP contribution in [0.1, 0.15) is 24.1 Å². The summed E-state index contributed by atoms with van der Waals surface area (Å²) in [5, 5.41) is 19.6. The summed E-state index contributed by atoms with van der Waals surface area (Å²) >= 11 is 0. The SMILES string of the molecule is N#CCCC(O)(c1ccccc1)c1ccccn1. The Morgan fingerprint density at radius 1 is 1.11 bits per heavy atom. The van der Waals surface area contributed by atoms with Gasteiger partial charge in [0.15, 0.2) is 0 Å². The molecule has 3 nitrogen and oxygen atoms in total. The molecular formula is C15H14N2O. The molecule has 90 valence electrons. The van der Waals surface area contributed by atoms with Crippen molar-refractivity contribution in [3.63, 3.8) is 0 Å². The van der Waals surface area contributed by atoms with E-state index >= 15 is 0 Å². The van der Waals surface area contributed by atoms with Crippen molar-refractivity contribution < 1.29 is 5.11 Å². The van der Waals surface area contributed by atoms with Crippen LogP contribution in [0.15, 0.2) is 54.7 Å². The first-order valence-corrected chi connectivity index (χ1v) is 5.84. The van der Waals surface area contributed by atoms with E-state index in [9.17, 15) is 5.11 Å². The second kappa shape index (κ2) is 5.44. The fourth-order valence-corrected chi connectivity index (χ4v) is 1.98. The lowest BCUT2D eigenvalue weighted by Crippen LogP contribution is -2.28. The number of pyridine rings is 1. The Kier molecular flexibility index (Phi) is 3.71. The van der Waals surface area contributed by atoms with Crippen molar-refractivity contribution in [3.05, 3.63) is 66.0 Å². The largest absolute Gasteiger partial charge is 0.379 e. The van der Waals surface area contributed by atoms with Gasteiger partial charge in [-0.3, -0.25) is 4.98 Å². The van der Waals surface area contributed by atoms with Crippen LogP contribution in [0.5, 0.6) is 0 Å². The molecule has 0 radical (unpaired) electrons. The molecule has 1 heterocycles. The van der Waals surface area contributed by atoms with Gasteiger partial charge < -0.3 is 5.11 Å². The van der Waals surface area contributed by atoms with Gasteiger partial charge in [0.2, 0.25) is 0 Å². The van der Waals surface area contributed by atoms with Crippen LogP contribution in [0.3, 0.4) is 0 Å². The molecule has 0 aliphatic rings. The molecule has 0 fully saturated rings. The maximum absolute atomic E-state index is 10.9. The average molecular weight is 238 g/mol. The van der Waals surface area contributed by atoms with Crippen LogP contribution in [0, 0.1) is 11.3 Å². The van der Waals surface area contributed by atoms with E-state index in [0.29, 0.717) is 12.1 Å². The van der Waals surface area contributed by atoms with Crippen molar-refractivity contribution in [3.8, 4) is 6.07 Å². The Bertz CT molecular complexity index is 492. The van der Waals surface area contributed by atoms with Gasteiger partial charge in [0.1, 0.15) is 5.60 Å². The Labute approximate surface area is 106 Å². The summed E-state index contributed by atoms with van der Waals surface area (Å²) in [6.45, 7) is 0. The molecule has 1 aromatic carbocycles. The standard InChI is InChI=1S/C15H14N2O/c16-11-6-10-15(18,13-7-2-1-3-8-13)14-9-4-5-12-17-14/h1-5,7-9,12,18H,6,10H2. The lowest BCUT2D eigenvalue weighted by atomic mass is 9.86. The predicted octanol–water partition coefficient (Wildman–Crippen LogP) is 2.62. The quantitative estimate of drug-likeness (QED) is 0.890. The molecule has 2 rings (SSSR count). The van der Waals surface area contributed by atoms with Gasteiger partial charge in [-0.2, -0.15) is 5.26 Å². The van der Waals surface area contributed by atoms with E-state index < -0.39 is 5.60 Å². The Morgan fingerprint density at radius 2 is 1.83 bits per heavy atom. The molecule has 1 aromatic heterocycles. The van der Waals surface area contributed by atoms with Crippen LogP contribution in [0.2, 0.25) is 0 Å². The Balaban J connectivity index is 2.45. The van der Waals surface area contributed by atoms with Crippen LogP contribution in [-0.2, 0) is 5.60 Å². The van der Waals surface area contributed by atoms with Gasteiger partial charge in [-0.25, -0.2) is 0 Å². The van der Waals surface area contributed by atoms with Crippen molar-refractivity contribution in [1.29, 1.82) is 5.26 Å². The second-order valence-corrected chi connectivity index (χ2v) is 4.10. The molecule has 0 aliphatic heterocycles. The van der Waals surface area contributed by atoms with Crippen LogP contribution >= 0.6 is 0 Å². The van der Waals surface area contributed by atoms with Gasteiger partial charge in [-0.05, 0) is 24.1 Å². The van der Waals surface area contributed by atoms with Crippen molar-refractivity contribution >= 4 is 0 Å². The number of hydrogen-bond acceptors (Lipinski definition) is 3. The van der Waals surface area contributed by atoms with Crippen LogP contribution < -0.4 is 0 Å². The molecule has 0 saturated carbocycles. The number of nitriles is 1. The summed E-state index contributed by atoms with van der Waals surface area (Å²) in [5.74, 6) is 0. The smallest absolute Gasteiger partial charge is 0.132 e. The number of aliphatic hydroxyl groups is 1. The van der Waals surface area contributed by atoms with E-state index in [0.717, 1.165) is 5.56 Å². The summed E-state index contributed by atoms with van der Waals surface area (Å²) in [4.78, 5) is 4.22. The first kappa shape index (κ1) is 12.3. The summed E-state index contributed by atoms with van der Waals surface area (Å²) in [7, 11) is 0. The van der Waals surface area contributed by atoms with Crippen molar-refractivity contribution in [1.82, 2.24) is 4.98 Å². The highest BCUT2D eigenvalue weighted by Gasteiger charge is 2.32. The lowest BCUT2D eigenvalue weighted by Gasteiger charge is -2.27. The van der Waals surface area contributed by atoms with E-state index in [1.807, 2.05) is 36.4 Å². The second-order valence-electron chi connectivity index (χ2n) is 4.10. The molecule has 1 atom stereocenters. The molecule has 0 saturated heterocycles. The van der Waals surface area contributed by atoms with E-state index in [2.05, 4.69) is 11.1 Å². The van der Waals surface area contributed by atoms with E-state index in [-0.39, 0.29) is 6.42 Å². The van der Waals surface area contributed by atoms with E-state index in [1.165, 1.54) is 0 Å². The number of hydrogen-bond donors (Lipinski definition) is 1. The van der Waals surface area contributed by atoms with Crippen molar-refractivity contribution in [2.24, 2.45) is 0 Å². The van der Waals surface area contributed by atoms with Gasteiger partial charge in [-0.15, -0.1) is 0 Å². The zero-order chi connectivity index (χ0) is 12.8. The van der Waals surface area contributed by atoms with Crippen molar-refractivity contribution in [2.45, 2.75) is 18.4 Å². The van der Waals surface area contributed by atoms with Crippen molar-refractivity contribution in [2.75, 3.05) is 0 Å². The third kappa shape index (κ3) is 2.39. The van der Waals surface area contributed by atoms with Gasteiger partial charge >= 0.3 is 0 Å². The van der Waals surface area contributed by atoms with Crippen LogP contribution in [0.4, 0.5) is 0 Å². The maximum Gasteiger partial charge on any atom is 0.132 e. The summed E-state index contributed by atoms with van der Waals surface area (Å²) < 4.78 is 0. The maximum atomic E-state index is 10.9. The highest BCUT2D eigenvalue weighted by Crippen LogP contribution is 2.32. The molecule has 0 bridgehead atoms. The zero-order valence-electron chi connectivity index (χ0n) is 9.95. The third-order valence-electron chi connectivity index (χ3n) is 2.94. The summed E-state index contributed by atoms with van der Waals surface area (Å²) in [6, 6.07) is 16.8. The average Bonchev–Trinajstić information content (AvgIpc) is 2.46. The Hall–Kier alpha value is -2.18. The first-order chi connectivity index (χ1) is 8.77. The molecule has 2 aromatic rings. The van der Waals surface area contributed by atoms with E-state index in [1.54, 1.807) is 18.3 Å². The molecular weight excluding hydrogens is 224 g/mol. The normalized spacial score (nSPS) is 13.6. The third-order valence-corrected chi connectivity index (χ3v) is 2.94. The number of nitrogens with zero attached hydrogens (tertiary/aromatic N) is 2. The zero-order valence-corrected chi connectivity index (χ0v) is 9.95. The Morgan fingerprint density at radius 3 is 2.44 bits per heavy atom. The van der Waals surface area contributed by atoms with Gasteiger partial charge in [0.25, 0.3) is 0 Å². The minimum absolute atomic E-state index is 0.280. The number of rotatable bonds is 4. The molecule has 0 aliphatic carbocycles. The fraction of sp³-hybridized carbons (Fsp3) is 0.200. The first-order valence-electron chi connectivity index (χ1n) is 5.84. The molecule has 1 N–H and O–H groups in total. The molecule has 18 heavy (non-hydrogen) atoms. The minimum Gasteiger partial charge on any atom is -0.379 e. The highest BCUT2D eigenvalue weighted by molar-refractivity contribution is 5.32. The molecule has 1 unspecified atom stereocenters. The summed E-state index contributed by atoms with van der Waals surface area (Å²) in [6.07, 6.45) is 2.27. The number of benzene rings is 1. The molecule has 0 amide bonds. The van der Waals surface area contributed by atoms with Gasteiger partial charge in [0, 0.05) is 12.6 Å².